The molecular weight excluding hydrogens is 372 g/mol. The van der Waals surface area contributed by atoms with Crippen molar-refractivity contribution in [3.05, 3.63) is 77.9 Å². The van der Waals surface area contributed by atoms with Crippen LogP contribution in [0.5, 0.6) is 5.75 Å². The number of hydrogen-bond acceptors (Lipinski definition) is 6. The third kappa shape index (κ3) is 4.46. The summed E-state index contributed by atoms with van der Waals surface area (Å²) in [6, 6.07) is 14.1. The number of para-hydroxylation sites is 1. The predicted octanol–water partition coefficient (Wildman–Crippen LogP) is 1.71. The number of ether oxygens (including phenoxy) is 1. The number of aromatic nitrogens is 5. The molecule has 1 amide bonds. The lowest BCUT2D eigenvalue weighted by Gasteiger charge is -2.10. The summed E-state index contributed by atoms with van der Waals surface area (Å²) in [5.41, 5.74) is 0.927. The smallest absolute Gasteiger partial charge is 0.261 e. The number of fused-ring (bicyclic) bond motifs is 1. The molecule has 0 aliphatic carbocycles. The largest absolute Gasteiger partial charge is 0.492 e. The molecule has 0 fully saturated rings. The number of nitrogens with one attached hydrogen (secondary N) is 1. The summed E-state index contributed by atoms with van der Waals surface area (Å²) in [5, 5.41) is 7.26. The lowest BCUT2D eigenvalue weighted by molar-refractivity contribution is -0.116. The predicted molar refractivity (Wildman–Crippen MR) is 107 cm³/mol. The van der Waals surface area contributed by atoms with Crippen LogP contribution in [0.25, 0.3) is 10.9 Å². The van der Waals surface area contributed by atoms with Crippen LogP contribution in [0.1, 0.15) is 0 Å². The van der Waals surface area contributed by atoms with Gasteiger partial charge in [-0.05, 0) is 24.3 Å². The topological polar surface area (TPSA) is 104 Å². The second-order valence-electron chi connectivity index (χ2n) is 6.28. The molecule has 4 aromatic rings. The molecule has 0 radical (unpaired) electrons. The number of hydrogen-bond donors (Lipinski definition) is 1. The van der Waals surface area contributed by atoms with E-state index in [1.807, 2.05) is 6.07 Å². The van der Waals surface area contributed by atoms with Crippen molar-refractivity contribution in [1.29, 1.82) is 0 Å². The fourth-order valence-corrected chi connectivity index (χ4v) is 2.84. The Balaban J connectivity index is 1.38. The van der Waals surface area contributed by atoms with Crippen molar-refractivity contribution in [3.8, 4) is 5.75 Å². The van der Waals surface area contributed by atoms with Gasteiger partial charge in [-0.1, -0.05) is 18.2 Å². The van der Waals surface area contributed by atoms with Gasteiger partial charge < -0.3 is 10.1 Å². The molecular formula is C20H18N6O3. The van der Waals surface area contributed by atoms with Gasteiger partial charge in [0.2, 0.25) is 5.91 Å². The number of benzene rings is 2. The molecule has 0 aliphatic rings. The van der Waals surface area contributed by atoms with Crippen LogP contribution in [0.2, 0.25) is 0 Å². The average molecular weight is 390 g/mol. The SMILES string of the molecule is O=C(Cn1cnc2ccccc2c1=O)Nc1cccc(OCCn2cncn2)c1. The summed E-state index contributed by atoms with van der Waals surface area (Å²) >= 11 is 0. The van der Waals surface area contributed by atoms with Gasteiger partial charge in [-0.25, -0.2) is 14.6 Å². The van der Waals surface area contributed by atoms with Crippen molar-refractivity contribution >= 4 is 22.5 Å². The minimum absolute atomic E-state index is 0.131. The molecule has 0 aliphatic heterocycles. The lowest BCUT2D eigenvalue weighted by atomic mass is 10.2. The van der Waals surface area contributed by atoms with Crippen LogP contribution >= 0.6 is 0 Å². The van der Waals surface area contributed by atoms with Crippen LogP contribution in [0.3, 0.4) is 0 Å². The minimum atomic E-state index is -0.330. The van der Waals surface area contributed by atoms with E-state index in [4.69, 9.17) is 4.74 Å². The van der Waals surface area contributed by atoms with Crippen molar-refractivity contribution in [2.75, 3.05) is 11.9 Å². The molecule has 0 unspecified atom stereocenters. The van der Waals surface area contributed by atoms with Crippen molar-refractivity contribution in [1.82, 2.24) is 24.3 Å². The van der Waals surface area contributed by atoms with E-state index in [-0.39, 0.29) is 18.0 Å². The molecule has 0 spiro atoms. The lowest BCUT2D eigenvalue weighted by Crippen LogP contribution is -2.27. The Kier molecular flexibility index (Phi) is 5.28. The van der Waals surface area contributed by atoms with Gasteiger partial charge in [0.15, 0.2) is 0 Å². The Morgan fingerprint density at radius 3 is 2.86 bits per heavy atom. The zero-order valence-electron chi connectivity index (χ0n) is 15.4. The average Bonchev–Trinajstić information content (AvgIpc) is 3.24. The van der Waals surface area contributed by atoms with E-state index in [1.165, 1.54) is 17.2 Å². The van der Waals surface area contributed by atoms with Crippen LogP contribution < -0.4 is 15.6 Å². The fourth-order valence-electron chi connectivity index (χ4n) is 2.84. The minimum Gasteiger partial charge on any atom is -0.492 e. The molecule has 0 atom stereocenters. The van der Waals surface area contributed by atoms with E-state index in [9.17, 15) is 9.59 Å². The van der Waals surface area contributed by atoms with Gasteiger partial charge in [-0.15, -0.1) is 0 Å². The Bertz CT molecular complexity index is 1190. The van der Waals surface area contributed by atoms with Crippen molar-refractivity contribution < 1.29 is 9.53 Å². The van der Waals surface area contributed by atoms with E-state index in [1.54, 1.807) is 53.5 Å². The molecule has 9 heteroatoms. The van der Waals surface area contributed by atoms with Gasteiger partial charge in [0.05, 0.1) is 23.8 Å². The summed E-state index contributed by atoms with van der Waals surface area (Å²) in [7, 11) is 0. The van der Waals surface area contributed by atoms with E-state index in [0.717, 1.165) is 0 Å². The van der Waals surface area contributed by atoms with Crippen LogP contribution in [0.4, 0.5) is 5.69 Å². The molecule has 0 bridgehead atoms. The first-order valence-corrected chi connectivity index (χ1v) is 8.98. The molecule has 0 saturated heterocycles. The number of amides is 1. The summed E-state index contributed by atoms with van der Waals surface area (Å²) in [4.78, 5) is 33.0. The maximum Gasteiger partial charge on any atom is 0.261 e. The van der Waals surface area contributed by atoms with Crippen LogP contribution in [0, 0.1) is 0 Å². The first-order valence-electron chi connectivity index (χ1n) is 8.98. The van der Waals surface area contributed by atoms with Crippen LogP contribution in [-0.4, -0.2) is 36.8 Å². The normalized spacial score (nSPS) is 10.8. The van der Waals surface area contributed by atoms with E-state index in [0.29, 0.717) is 35.5 Å². The van der Waals surface area contributed by atoms with Crippen LogP contribution in [-0.2, 0) is 17.9 Å². The Hall–Kier alpha value is -4.01. The molecule has 2 heterocycles. The summed E-state index contributed by atoms with van der Waals surface area (Å²) in [6.07, 6.45) is 4.46. The molecule has 2 aromatic heterocycles. The van der Waals surface area contributed by atoms with Gasteiger partial charge in [-0.3, -0.25) is 14.2 Å². The Morgan fingerprint density at radius 2 is 2.00 bits per heavy atom. The van der Waals surface area contributed by atoms with Crippen molar-refractivity contribution in [2.24, 2.45) is 0 Å². The number of carbonyl (C=O) groups is 1. The van der Waals surface area contributed by atoms with Crippen LogP contribution in [0.15, 0.2) is 72.3 Å². The van der Waals surface area contributed by atoms with Crippen molar-refractivity contribution in [3.63, 3.8) is 0 Å². The van der Waals surface area contributed by atoms with Gasteiger partial charge in [-0.2, -0.15) is 5.10 Å². The van der Waals surface area contributed by atoms with E-state index >= 15 is 0 Å². The highest BCUT2D eigenvalue weighted by Crippen LogP contribution is 2.17. The van der Waals surface area contributed by atoms with E-state index in [2.05, 4.69) is 20.4 Å². The molecule has 29 heavy (non-hydrogen) atoms. The van der Waals surface area contributed by atoms with Gasteiger partial charge in [0.1, 0.15) is 31.6 Å². The second kappa shape index (κ2) is 8.34. The zero-order chi connectivity index (χ0) is 20.1. The molecule has 4 rings (SSSR count). The highest BCUT2D eigenvalue weighted by Gasteiger charge is 2.09. The van der Waals surface area contributed by atoms with Gasteiger partial charge in [0, 0.05) is 11.8 Å². The highest BCUT2D eigenvalue weighted by atomic mass is 16.5. The third-order valence-corrected chi connectivity index (χ3v) is 4.22. The molecule has 1 N–H and O–H groups in total. The number of anilines is 1. The summed E-state index contributed by atoms with van der Waals surface area (Å²) < 4.78 is 8.64. The first-order chi connectivity index (χ1) is 14.2. The molecule has 146 valence electrons. The van der Waals surface area contributed by atoms with Crippen molar-refractivity contribution in [2.45, 2.75) is 13.1 Å². The number of carbonyl (C=O) groups excluding carboxylic acids is 1. The Labute approximate surface area is 165 Å². The van der Waals surface area contributed by atoms with Gasteiger partial charge >= 0.3 is 0 Å². The third-order valence-electron chi connectivity index (χ3n) is 4.22. The molecule has 9 nitrogen and oxygen atoms in total. The monoisotopic (exact) mass is 390 g/mol. The maximum atomic E-state index is 12.5. The first kappa shape index (κ1) is 18.4. The fraction of sp³-hybridized carbons (Fsp3) is 0.150. The maximum absolute atomic E-state index is 12.5. The standard InChI is InChI=1S/C20H18N6O3/c27-19(11-25-14-22-18-7-2-1-6-17(18)20(25)28)24-15-4-3-5-16(10-15)29-9-8-26-13-21-12-23-26/h1-7,10,12-14H,8-9,11H2,(H,24,27). The summed E-state index contributed by atoms with van der Waals surface area (Å²) in [5.74, 6) is 0.288. The zero-order valence-corrected chi connectivity index (χ0v) is 15.4. The highest BCUT2D eigenvalue weighted by molar-refractivity contribution is 5.91. The van der Waals surface area contributed by atoms with E-state index < -0.39 is 0 Å². The Morgan fingerprint density at radius 1 is 1.10 bits per heavy atom. The molecule has 2 aromatic carbocycles. The molecule has 0 saturated carbocycles. The number of rotatable bonds is 7. The second-order valence-corrected chi connectivity index (χ2v) is 6.28. The quantitative estimate of drug-likeness (QED) is 0.515. The van der Waals surface area contributed by atoms with Gasteiger partial charge in [0.25, 0.3) is 5.56 Å². The number of nitrogens with zero attached hydrogens (tertiary/aromatic N) is 5. The summed E-state index contributed by atoms with van der Waals surface area (Å²) in [6.45, 7) is 0.849.